The molecule has 1 aliphatic carbocycles. The van der Waals surface area contributed by atoms with Gasteiger partial charge in [0.1, 0.15) is 0 Å². The van der Waals surface area contributed by atoms with E-state index in [0.29, 0.717) is 6.10 Å². The Kier molecular flexibility index (Phi) is 7.23. The highest BCUT2D eigenvalue weighted by Gasteiger charge is 2.20. The second kappa shape index (κ2) is 8.97. The quantitative estimate of drug-likeness (QED) is 0.708. The van der Waals surface area contributed by atoms with Gasteiger partial charge in [-0.3, -0.25) is 0 Å². The third-order valence-corrected chi connectivity index (χ3v) is 4.94. The minimum atomic E-state index is 0.581. The van der Waals surface area contributed by atoms with Gasteiger partial charge in [0, 0.05) is 12.6 Å². The molecule has 2 heteroatoms. The molecule has 2 unspecified atom stereocenters. The summed E-state index contributed by atoms with van der Waals surface area (Å²) in [6.07, 6.45) is 15.9. The number of rotatable bonds is 8. The first kappa shape index (κ1) is 15.3. The molecule has 0 radical (unpaired) electrons. The lowest BCUT2D eigenvalue weighted by Crippen LogP contribution is -2.31. The van der Waals surface area contributed by atoms with Gasteiger partial charge >= 0.3 is 0 Å². The van der Waals surface area contributed by atoms with Crippen LogP contribution in [0.15, 0.2) is 0 Å². The zero-order valence-electron chi connectivity index (χ0n) is 12.8. The normalized spacial score (nSPS) is 26.7. The highest BCUT2D eigenvalue weighted by molar-refractivity contribution is 4.75. The van der Waals surface area contributed by atoms with Gasteiger partial charge in [-0.25, -0.2) is 0 Å². The van der Waals surface area contributed by atoms with Crippen LogP contribution in [0.1, 0.15) is 77.6 Å². The number of hydrogen-bond acceptors (Lipinski definition) is 2. The van der Waals surface area contributed by atoms with Gasteiger partial charge in [0.2, 0.25) is 0 Å². The lowest BCUT2D eigenvalue weighted by atomic mass is 9.84. The van der Waals surface area contributed by atoms with Gasteiger partial charge in [0.25, 0.3) is 0 Å². The molecule has 0 bridgehead atoms. The highest BCUT2D eigenvalue weighted by Crippen LogP contribution is 2.28. The molecule has 1 heterocycles. The summed E-state index contributed by atoms with van der Waals surface area (Å²) in [6.45, 7) is 4.37. The Morgan fingerprint density at radius 3 is 2.63 bits per heavy atom. The zero-order chi connectivity index (χ0) is 13.3. The minimum absolute atomic E-state index is 0.581. The van der Waals surface area contributed by atoms with E-state index in [1.165, 1.54) is 70.6 Å². The topological polar surface area (TPSA) is 21.3 Å². The summed E-state index contributed by atoms with van der Waals surface area (Å²) in [5, 5.41) is 3.71. The molecule has 2 nitrogen and oxygen atoms in total. The SMILES string of the molecule is CCNC(CCCC1CCCO1)CC1CCCCC1. The summed E-state index contributed by atoms with van der Waals surface area (Å²) in [7, 11) is 0. The van der Waals surface area contributed by atoms with Crippen molar-refractivity contribution in [3.05, 3.63) is 0 Å². The number of nitrogens with one attached hydrogen (secondary N) is 1. The molecular weight excluding hydrogens is 234 g/mol. The average molecular weight is 267 g/mol. The van der Waals surface area contributed by atoms with Crippen molar-refractivity contribution in [3.8, 4) is 0 Å². The fourth-order valence-corrected chi connectivity index (χ4v) is 3.88. The van der Waals surface area contributed by atoms with E-state index in [2.05, 4.69) is 12.2 Å². The standard InChI is InChI=1S/C17H33NO/c1-2-18-16(14-15-8-4-3-5-9-15)10-6-11-17-12-7-13-19-17/h15-18H,2-14H2,1H3. The van der Waals surface area contributed by atoms with Crippen molar-refractivity contribution in [1.29, 1.82) is 0 Å². The maximum Gasteiger partial charge on any atom is 0.0576 e. The molecular formula is C17H33NO. The van der Waals surface area contributed by atoms with E-state index < -0.39 is 0 Å². The van der Waals surface area contributed by atoms with Crippen molar-refractivity contribution in [1.82, 2.24) is 5.32 Å². The molecule has 2 atom stereocenters. The van der Waals surface area contributed by atoms with E-state index in [4.69, 9.17) is 4.74 Å². The maximum atomic E-state index is 5.72. The van der Waals surface area contributed by atoms with Crippen LogP contribution in [0.25, 0.3) is 0 Å². The highest BCUT2D eigenvalue weighted by atomic mass is 16.5. The fourth-order valence-electron chi connectivity index (χ4n) is 3.88. The minimum Gasteiger partial charge on any atom is -0.378 e. The van der Waals surface area contributed by atoms with Gasteiger partial charge in [-0.05, 0) is 51.0 Å². The monoisotopic (exact) mass is 267 g/mol. The first-order valence-electron chi connectivity index (χ1n) is 8.73. The molecule has 1 saturated carbocycles. The zero-order valence-corrected chi connectivity index (χ0v) is 12.8. The van der Waals surface area contributed by atoms with Crippen molar-refractivity contribution in [2.75, 3.05) is 13.2 Å². The summed E-state index contributed by atoms with van der Waals surface area (Å²) >= 11 is 0. The molecule has 2 aliphatic rings. The third kappa shape index (κ3) is 5.83. The Labute approximate surface area is 119 Å². The fraction of sp³-hybridized carbons (Fsp3) is 1.00. The molecule has 112 valence electrons. The van der Waals surface area contributed by atoms with Crippen LogP contribution in [0.3, 0.4) is 0 Å². The summed E-state index contributed by atoms with van der Waals surface area (Å²) < 4.78 is 5.72. The van der Waals surface area contributed by atoms with Gasteiger partial charge in [-0.15, -0.1) is 0 Å². The van der Waals surface area contributed by atoms with Crippen molar-refractivity contribution in [2.24, 2.45) is 5.92 Å². The van der Waals surface area contributed by atoms with Gasteiger partial charge in [-0.2, -0.15) is 0 Å². The summed E-state index contributed by atoms with van der Waals surface area (Å²) in [4.78, 5) is 0. The van der Waals surface area contributed by atoms with Crippen molar-refractivity contribution >= 4 is 0 Å². The van der Waals surface area contributed by atoms with Crippen LogP contribution in [0, 0.1) is 5.92 Å². The van der Waals surface area contributed by atoms with E-state index in [1.807, 2.05) is 0 Å². The van der Waals surface area contributed by atoms with Crippen molar-refractivity contribution < 1.29 is 4.74 Å². The Bertz CT molecular complexity index is 219. The van der Waals surface area contributed by atoms with E-state index in [0.717, 1.165) is 25.1 Å². The molecule has 0 aromatic rings. The Balaban J connectivity index is 1.62. The van der Waals surface area contributed by atoms with Crippen LogP contribution in [0.5, 0.6) is 0 Å². The predicted molar refractivity (Wildman–Crippen MR) is 81.5 cm³/mol. The first-order chi connectivity index (χ1) is 9.38. The Hall–Kier alpha value is -0.0800. The third-order valence-electron chi connectivity index (χ3n) is 4.94. The summed E-state index contributed by atoms with van der Waals surface area (Å²) in [5.74, 6) is 1.00. The average Bonchev–Trinajstić information content (AvgIpc) is 2.93. The lowest BCUT2D eigenvalue weighted by molar-refractivity contribution is 0.101. The van der Waals surface area contributed by atoms with Crippen LogP contribution in [-0.4, -0.2) is 25.3 Å². The molecule has 0 spiro atoms. The number of ether oxygens (including phenoxy) is 1. The molecule has 0 amide bonds. The smallest absolute Gasteiger partial charge is 0.0576 e. The van der Waals surface area contributed by atoms with Crippen LogP contribution in [0.2, 0.25) is 0 Å². The Morgan fingerprint density at radius 1 is 1.11 bits per heavy atom. The van der Waals surface area contributed by atoms with E-state index in [-0.39, 0.29) is 0 Å². The second-order valence-corrected chi connectivity index (χ2v) is 6.56. The molecule has 0 aromatic carbocycles. The van der Waals surface area contributed by atoms with Gasteiger partial charge in [0.15, 0.2) is 0 Å². The molecule has 2 fully saturated rings. The van der Waals surface area contributed by atoms with Crippen LogP contribution in [-0.2, 0) is 4.74 Å². The van der Waals surface area contributed by atoms with Gasteiger partial charge < -0.3 is 10.1 Å². The largest absolute Gasteiger partial charge is 0.378 e. The summed E-state index contributed by atoms with van der Waals surface area (Å²) in [5.41, 5.74) is 0. The van der Waals surface area contributed by atoms with Crippen LogP contribution in [0.4, 0.5) is 0 Å². The van der Waals surface area contributed by atoms with Crippen molar-refractivity contribution in [2.45, 2.75) is 89.7 Å². The molecule has 19 heavy (non-hydrogen) atoms. The predicted octanol–water partition coefficient (Wildman–Crippen LogP) is 4.28. The summed E-state index contributed by atoms with van der Waals surface area (Å²) in [6, 6.07) is 0.759. The molecule has 1 aliphatic heterocycles. The molecule has 1 N–H and O–H groups in total. The lowest BCUT2D eigenvalue weighted by Gasteiger charge is -2.27. The molecule has 2 rings (SSSR count). The maximum absolute atomic E-state index is 5.72. The molecule has 0 aromatic heterocycles. The molecule has 1 saturated heterocycles. The van der Waals surface area contributed by atoms with E-state index >= 15 is 0 Å². The number of hydrogen-bond donors (Lipinski definition) is 1. The van der Waals surface area contributed by atoms with E-state index in [1.54, 1.807) is 0 Å². The first-order valence-corrected chi connectivity index (χ1v) is 8.73. The second-order valence-electron chi connectivity index (χ2n) is 6.56. The Morgan fingerprint density at radius 2 is 1.95 bits per heavy atom. The van der Waals surface area contributed by atoms with Crippen molar-refractivity contribution in [3.63, 3.8) is 0 Å². The van der Waals surface area contributed by atoms with Gasteiger partial charge in [0.05, 0.1) is 6.10 Å². The van der Waals surface area contributed by atoms with E-state index in [9.17, 15) is 0 Å². The van der Waals surface area contributed by atoms with Crippen LogP contribution < -0.4 is 5.32 Å². The van der Waals surface area contributed by atoms with Crippen LogP contribution >= 0.6 is 0 Å². The van der Waals surface area contributed by atoms with Gasteiger partial charge in [-0.1, -0.05) is 39.0 Å².